The Morgan fingerprint density at radius 1 is 1.11 bits per heavy atom. The van der Waals surface area contributed by atoms with Gasteiger partial charge in [-0.3, -0.25) is 4.79 Å². The highest BCUT2D eigenvalue weighted by Crippen LogP contribution is 2.17. The summed E-state index contributed by atoms with van der Waals surface area (Å²) in [6, 6.07) is 14.4. The smallest absolute Gasteiger partial charge is 0.251 e. The Morgan fingerprint density at radius 3 is 2.48 bits per heavy atom. The molecule has 0 saturated heterocycles. The van der Waals surface area contributed by atoms with Crippen molar-refractivity contribution < 1.29 is 13.2 Å². The summed E-state index contributed by atoms with van der Waals surface area (Å²) >= 11 is 0. The van der Waals surface area contributed by atoms with Crippen molar-refractivity contribution in [1.29, 1.82) is 0 Å². The van der Waals surface area contributed by atoms with Gasteiger partial charge in [0.25, 0.3) is 5.91 Å². The molecule has 2 aromatic carbocycles. The van der Waals surface area contributed by atoms with Crippen LogP contribution in [-0.2, 0) is 16.4 Å². The number of sulfonamides is 1. The van der Waals surface area contributed by atoms with E-state index >= 15 is 0 Å². The molecule has 1 amide bonds. The second-order valence-corrected chi connectivity index (χ2v) is 8.49. The Balaban J connectivity index is 2.07. The van der Waals surface area contributed by atoms with Gasteiger partial charge >= 0.3 is 0 Å². The van der Waals surface area contributed by atoms with Crippen molar-refractivity contribution >= 4 is 15.9 Å². The molecule has 0 aliphatic carbocycles. The van der Waals surface area contributed by atoms with Gasteiger partial charge in [-0.2, -0.15) is 0 Å². The zero-order valence-corrected chi connectivity index (χ0v) is 17.0. The minimum atomic E-state index is -3.69. The lowest BCUT2D eigenvalue weighted by molar-refractivity contribution is 0.0953. The van der Waals surface area contributed by atoms with Crippen molar-refractivity contribution in [3.05, 3.63) is 65.2 Å². The summed E-state index contributed by atoms with van der Waals surface area (Å²) in [6.45, 7) is 6.18. The van der Waals surface area contributed by atoms with Crippen LogP contribution in [0.3, 0.4) is 0 Å². The van der Waals surface area contributed by atoms with E-state index in [1.165, 1.54) is 17.7 Å². The number of carbonyl (C=O) groups is 1. The van der Waals surface area contributed by atoms with Gasteiger partial charge in [0.05, 0.1) is 4.90 Å². The van der Waals surface area contributed by atoms with E-state index < -0.39 is 10.0 Å². The fourth-order valence-corrected chi connectivity index (χ4v) is 4.07. The first-order valence-electron chi connectivity index (χ1n) is 9.28. The summed E-state index contributed by atoms with van der Waals surface area (Å²) in [6.07, 6.45) is 2.31. The fourth-order valence-electron chi connectivity index (χ4n) is 2.77. The van der Waals surface area contributed by atoms with Gasteiger partial charge in [-0.15, -0.1) is 0 Å². The normalized spacial score (nSPS) is 12.6. The SMILES string of the molecule is CCCNC(=O)c1cc(S(=O)(=O)N[C@H](C)CCc2ccccc2)ccc1C. The van der Waals surface area contributed by atoms with Crippen LogP contribution in [0.15, 0.2) is 53.4 Å². The van der Waals surface area contributed by atoms with Crippen LogP contribution in [0.4, 0.5) is 0 Å². The molecule has 0 heterocycles. The molecule has 0 unspecified atom stereocenters. The van der Waals surface area contributed by atoms with E-state index in [2.05, 4.69) is 10.0 Å². The minimum absolute atomic E-state index is 0.112. The van der Waals surface area contributed by atoms with Crippen molar-refractivity contribution in [3.63, 3.8) is 0 Å². The maximum Gasteiger partial charge on any atom is 0.251 e. The van der Waals surface area contributed by atoms with Crippen molar-refractivity contribution in [3.8, 4) is 0 Å². The van der Waals surface area contributed by atoms with E-state index in [0.717, 1.165) is 18.4 Å². The molecular weight excluding hydrogens is 360 g/mol. The van der Waals surface area contributed by atoms with Crippen LogP contribution in [0.5, 0.6) is 0 Å². The first kappa shape index (κ1) is 21.1. The molecule has 0 aliphatic rings. The van der Waals surface area contributed by atoms with Crippen molar-refractivity contribution in [2.75, 3.05) is 6.54 Å². The molecule has 0 saturated carbocycles. The van der Waals surface area contributed by atoms with Crippen LogP contribution in [0.2, 0.25) is 0 Å². The summed E-state index contributed by atoms with van der Waals surface area (Å²) in [5.41, 5.74) is 2.32. The van der Waals surface area contributed by atoms with Crippen molar-refractivity contribution in [2.45, 2.75) is 51.0 Å². The number of amides is 1. The number of aryl methyl sites for hydroxylation is 2. The topological polar surface area (TPSA) is 75.3 Å². The summed E-state index contributed by atoms with van der Waals surface area (Å²) in [5.74, 6) is -0.247. The molecule has 0 bridgehead atoms. The molecule has 0 aromatic heterocycles. The quantitative estimate of drug-likeness (QED) is 0.691. The van der Waals surface area contributed by atoms with Crippen LogP contribution >= 0.6 is 0 Å². The van der Waals surface area contributed by atoms with Crippen LogP contribution in [0.25, 0.3) is 0 Å². The summed E-state index contributed by atoms with van der Waals surface area (Å²) in [5, 5.41) is 2.79. The number of hydrogen-bond donors (Lipinski definition) is 2. The Hall–Kier alpha value is -2.18. The number of nitrogens with one attached hydrogen (secondary N) is 2. The molecule has 0 spiro atoms. The fraction of sp³-hybridized carbons (Fsp3) is 0.381. The molecule has 2 aromatic rings. The van der Waals surface area contributed by atoms with Gasteiger partial charge in [-0.1, -0.05) is 43.3 Å². The lowest BCUT2D eigenvalue weighted by Crippen LogP contribution is -2.33. The van der Waals surface area contributed by atoms with Crippen molar-refractivity contribution in [1.82, 2.24) is 10.0 Å². The van der Waals surface area contributed by atoms with Crippen molar-refractivity contribution in [2.24, 2.45) is 0 Å². The Bertz CT molecular complexity index is 864. The Labute approximate surface area is 162 Å². The van der Waals surface area contributed by atoms with E-state index in [9.17, 15) is 13.2 Å². The second-order valence-electron chi connectivity index (χ2n) is 6.78. The van der Waals surface area contributed by atoms with E-state index in [-0.39, 0.29) is 16.8 Å². The van der Waals surface area contributed by atoms with Crippen LogP contribution in [0, 0.1) is 6.92 Å². The van der Waals surface area contributed by atoms with Crippen LogP contribution in [-0.4, -0.2) is 26.9 Å². The number of benzene rings is 2. The number of carbonyl (C=O) groups excluding carboxylic acids is 1. The first-order valence-corrected chi connectivity index (χ1v) is 10.8. The van der Waals surface area contributed by atoms with Gasteiger partial charge in [0, 0.05) is 18.2 Å². The maximum absolute atomic E-state index is 12.7. The van der Waals surface area contributed by atoms with Gasteiger partial charge < -0.3 is 5.32 Å². The highest BCUT2D eigenvalue weighted by molar-refractivity contribution is 7.89. The highest BCUT2D eigenvalue weighted by Gasteiger charge is 2.20. The molecular formula is C21H28N2O3S. The average Bonchev–Trinajstić information content (AvgIpc) is 2.65. The predicted octanol–water partition coefficient (Wildman–Crippen LogP) is 3.43. The largest absolute Gasteiger partial charge is 0.352 e. The predicted molar refractivity (Wildman–Crippen MR) is 108 cm³/mol. The maximum atomic E-state index is 12.7. The second kappa shape index (κ2) is 9.67. The monoisotopic (exact) mass is 388 g/mol. The summed E-state index contributed by atoms with van der Waals surface area (Å²) in [4.78, 5) is 12.4. The van der Waals surface area contributed by atoms with E-state index in [1.54, 1.807) is 13.0 Å². The van der Waals surface area contributed by atoms with Crippen LogP contribution in [0.1, 0.15) is 48.2 Å². The third kappa shape index (κ3) is 6.19. The zero-order valence-electron chi connectivity index (χ0n) is 16.2. The molecule has 5 nitrogen and oxygen atoms in total. The third-order valence-electron chi connectivity index (χ3n) is 4.36. The lowest BCUT2D eigenvalue weighted by atomic mass is 10.1. The molecule has 0 aliphatic heterocycles. The third-order valence-corrected chi connectivity index (χ3v) is 5.95. The molecule has 2 rings (SSSR count). The van der Waals surface area contributed by atoms with E-state index in [0.29, 0.717) is 18.5 Å². The van der Waals surface area contributed by atoms with Gasteiger partial charge in [0.2, 0.25) is 10.0 Å². The van der Waals surface area contributed by atoms with E-state index in [4.69, 9.17) is 0 Å². The highest BCUT2D eigenvalue weighted by atomic mass is 32.2. The molecule has 2 N–H and O–H groups in total. The van der Waals surface area contributed by atoms with Gasteiger partial charge in [0.15, 0.2) is 0 Å². The molecule has 146 valence electrons. The lowest BCUT2D eigenvalue weighted by Gasteiger charge is -2.15. The standard InChI is InChI=1S/C21H28N2O3S/c1-4-14-22-21(24)20-15-19(13-10-16(20)2)27(25,26)23-17(3)11-12-18-8-6-5-7-9-18/h5-10,13,15,17,23H,4,11-12,14H2,1-3H3,(H,22,24)/t17-/m1/s1. The van der Waals surface area contributed by atoms with Gasteiger partial charge in [-0.25, -0.2) is 13.1 Å². The van der Waals surface area contributed by atoms with Crippen LogP contribution < -0.4 is 10.0 Å². The first-order chi connectivity index (χ1) is 12.8. The zero-order chi connectivity index (χ0) is 19.9. The van der Waals surface area contributed by atoms with E-state index in [1.807, 2.05) is 44.2 Å². The number of rotatable bonds is 9. The Morgan fingerprint density at radius 2 is 1.81 bits per heavy atom. The minimum Gasteiger partial charge on any atom is -0.352 e. The molecule has 1 atom stereocenters. The molecule has 0 radical (unpaired) electrons. The average molecular weight is 389 g/mol. The molecule has 27 heavy (non-hydrogen) atoms. The molecule has 6 heteroatoms. The van der Waals surface area contributed by atoms with Gasteiger partial charge in [0.1, 0.15) is 0 Å². The Kier molecular flexibility index (Phi) is 7.56. The summed E-state index contributed by atoms with van der Waals surface area (Å²) in [7, 11) is -3.69. The summed E-state index contributed by atoms with van der Waals surface area (Å²) < 4.78 is 28.1. The number of hydrogen-bond acceptors (Lipinski definition) is 3. The van der Waals surface area contributed by atoms with Gasteiger partial charge in [-0.05, 0) is 56.4 Å². The molecule has 0 fully saturated rings.